The van der Waals surface area contributed by atoms with Gasteiger partial charge in [0, 0.05) is 15.7 Å². The molecular weight excluding hydrogens is 409 g/mol. The monoisotopic (exact) mass is 425 g/mol. The van der Waals surface area contributed by atoms with Gasteiger partial charge < -0.3 is 16.2 Å². The van der Waals surface area contributed by atoms with Gasteiger partial charge in [0.15, 0.2) is 0 Å². The Balaban J connectivity index is 1.93. The van der Waals surface area contributed by atoms with Crippen LogP contribution < -0.4 is 11.1 Å². The molecule has 3 aromatic rings. The molecule has 7 heteroatoms. The summed E-state index contributed by atoms with van der Waals surface area (Å²) in [6, 6.07) is 17.1. The van der Waals surface area contributed by atoms with E-state index in [-0.39, 0.29) is 17.0 Å². The predicted octanol–water partition coefficient (Wildman–Crippen LogP) is 5.50. The molecule has 1 amide bonds. The molecule has 3 rings (SSSR count). The highest BCUT2D eigenvalue weighted by Gasteiger charge is 2.20. The van der Waals surface area contributed by atoms with E-state index in [9.17, 15) is 15.2 Å². The van der Waals surface area contributed by atoms with Gasteiger partial charge in [-0.15, -0.1) is 0 Å². The number of phenols is 1. The normalized spacial score (nSPS) is 11.5. The Hall–Kier alpha value is -3.20. The second-order valence-electron chi connectivity index (χ2n) is 6.49. The summed E-state index contributed by atoms with van der Waals surface area (Å²) >= 11 is 12.4. The van der Waals surface area contributed by atoms with Crippen LogP contribution in [0.2, 0.25) is 10.0 Å². The zero-order chi connectivity index (χ0) is 21.1. The van der Waals surface area contributed by atoms with Crippen molar-refractivity contribution < 1.29 is 9.90 Å². The molecule has 5 nitrogen and oxygen atoms in total. The maximum atomic E-state index is 12.6. The van der Waals surface area contributed by atoms with E-state index < -0.39 is 11.8 Å². The van der Waals surface area contributed by atoms with E-state index in [0.29, 0.717) is 21.3 Å². The fourth-order valence-electron chi connectivity index (χ4n) is 2.98. The van der Waals surface area contributed by atoms with Crippen molar-refractivity contribution in [3.8, 4) is 11.8 Å². The summed E-state index contributed by atoms with van der Waals surface area (Å²) in [5.41, 5.74) is 8.54. The van der Waals surface area contributed by atoms with Crippen molar-refractivity contribution in [2.24, 2.45) is 0 Å². The van der Waals surface area contributed by atoms with Crippen LogP contribution in [0.4, 0.5) is 11.4 Å². The Kier molecular flexibility index (Phi) is 5.97. The van der Waals surface area contributed by atoms with Crippen molar-refractivity contribution in [3.63, 3.8) is 0 Å². The van der Waals surface area contributed by atoms with Gasteiger partial charge in [-0.3, -0.25) is 4.79 Å². The Bertz CT molecular complexity index is 1120. The number of hydrogen-bond donors (Lipinski definition) is 3. The van der Waals surface area contributed by atoms with Gasteiger partial charge in [0.1, 0.15) is 5.75 Å². The van der Waals surface area contributed by atoms with Gasteiger partial charge in [0.2, 0.25) is 0 Å². The summed E-state index contributed by atoms with van der Waals surface area (Å²) in [7, 11) is 0. The first-order chi connectivity index (χ1) is 13.8. The number of nitrogens with two attached hydrogens (primary N) is 1. The lowest BCUT2D eigenvalue weighted by Gasteiger charge is -2.16. The first kappa shape index (κ1) is 20.5. The number of amides is 1. The summed E-state index contributed by atoms with van der Waals surface area (Å²) in [6.07, 6.45) is 0. The average molecular weight is 426 g/mol. The first-order valence-electron chi connectivity index (χ1n) is 8.65. The number of anilines is 2. The minimum absolute atomic E-state index is 0.00217. The van der Waals surface area contributed by atoms with Crippen LogP contribution in [0, 0.1) is 18.3 Å². The molecule has 1 unspecified atom stereocenters. The van der Waals surface area contributed by atoms with E-state index in [2.05, 4.69) is 11.4 Å². The van der Waals surface area contributed by atoms with Gasteiger partial charge in [-0.25, -0.2) is 0 Å². The smallest absolute Gasteiger partial charge is 0.257 e. The maximum absolute atomic E-state index is 12.6. The molecule has 0 spiro atoms. The van der Waals surface area contributed by atoms with Crippen LogP contribution in [-0.2, 0) is 0 Å². The maximum Gasteiger partial charge on any atom is 0.257 e. The average Bonchev–Trinajstić information content (AvgIpc) is 2.69. The molecule has 29 heavy (non-hydrogen) atoms. The molecule has 0 aliphatic carbocycles. The van der Waals surface area contributed by atoms with E-state index in [4.69, 9.17) is 28.9 Å². The molecule has 0 saturated carbocycles. The van der Waals surface area contributed by atoms with Crippen molar-refractivity contribution in [1.29, 1.82) is 5.26 Å². The molecule has 0 aliphatic heterocycles. The summed E-state index contributed by atoms with van der Waals surface area (Å²) in [4.78, 5) is 12.6. The van der Waals surface area contributed by atoms with Crippen LogP contribution in [0.15, 0.2) is 54.6 Å². The summed E-state index contributed by atoms with van der Waals surface area (Å²) in [5, 5.41) is 23.1. The Morgan fingerprint density at radius 3 is 2.52 bits per heavy atom. The van der Waals surface area contributed by atoms with Crippen LogP contribution in [0.25, 0.3) is 0 Å². The van der Waals surface area contributed by atoms with Crippen LogP contribution >= 0.6 is 23.2 Å². The van der Waals surface area contributed by atoms with Crippen LogP contribution in [-0.4, -0.2) is 11.0 Å². The molecule has 146 valence electrons. The summed E-state index contributed by atoms with van der Waals surface area (Å²) in [5.74, 6) is -1.22. The SMILES string of the molecule is Cc1cc(C(C#N)c2ccc(Cl)cc2)c(Cl)cc1NC(=O)c1cccc(O)c1N. The fraction of sp³-hybridized carbons (Fsp3) is 0.0909. The van der Waals surface area contributed by atoms with Crippen molar-refractivity contribution in [1.82, 2.24) is 0 Å². The predicted molar refractivity (Wildman–Crippen MR) is 116 cm³/mol. The number of hydrogen-bond acceptors (Lipinski definition) is 4. The fourth-order valence-corrected chi connectivity index (χ4v) is 3.38. The molecule has 4 N–H and O–H groups in total. The van der Waals surface area contributed by atoms with Gasteiger partial charge in [0.25, 0.3) is 5.91 Å². The molecule has 0 radical (unpaired) electrons. The molecule has 0 fully saturated rings. The minimum Gasteiger partial charge on any atom is -0.506 e. The molecule has 0 bridgehead atoms. The third kappa shape index (κ3) is 4.29. The summed E-state index contributed by atoms with van der Waals surface area (Å²) in [6.45, 7) is 1.80. The molecule has 0 aromatic heterocycles. The number of nitriles is 1. The number of phenolic OH excluding ortho intramolecular Hbond substituents is 1. The number of aryl methyl sites for hydroxylation is 1. The highest BCUT2D eigenvalue weighted by Crippen LogP contribution is 2.35. The minimum atomic E-state index is -0.579. The molecule has 0 heterocycles. The quantitative estimate of drug-likeness (QED) is 0.379. The zero-order valence-electron chi connectivity index (χ0n) is 15.4. The van der Waals surface area contributed by atoms with Crippen LogP contribution in [0.1, 0.15) is 33.0 Å². The number of carbonyl (C=O) groups excluding carboxylic acids is 1. The molecule has 1 atom stereocenters. The van der Waals surface area contributed by atoms with Crippen molar-refractivity contribution in [3.05, 3.63) is 86.9 Å². The number of carbonyl (C=O) groups is 1. The number of rotatable bonds is 4. The third-order valence-corrected chi connectivity index (χ3v) is 5.14. The third-order valence-electron chi connectivity index (χ3n) is 4.56. The number of aromatic hydroxyl groups is 1. The first-order valence-corrected chi connectivity index (χ1v) is 9.41. The van der Waals surface area contributed by atoms with E-state index in [0.717, 1.165) is 11.1 Å². The second-order valence-corrected chi connectivity index (χ2v) is 7.34. The largest absolute Gasteiger partial charge is 0.506 e. The number of halogens is 2. The van der Waals surface area contributed by atoms with Gasteiger partial charge in [-0.05, 0) is 53.9 Å². The molecular formula is C22H17Cl2N3O2. The van der Waals surface area contributed by atoms with Crippen molar-refractivity contribution >= 4 is 40.5 Å². The van der Waals surface area contributed by atoms with Gasteiger partial charge in [-0.2, -0.15) is 5.26 Å². The molecule has 0 aliphatic rings. The molecule has 0 saturated heterocycles. The van der Waals surface area contributed by atoms with Crippen LogP contribution in [0.5, 0.6) is 5.75 Å². The number of nitrogens with zero attached hydrogens (tertiary/aromatic N) is 1. The van der Waals surface area contributed by atoms with Crippen molar-refractivity contribution in [2.45, 2.75) is 12.8 Å². The lowest BCUT2D eigenvalue weighted by Crippen LogP contribution is -2.15. The molecule has 3 aromatic carbocycles. The Morgan fingerprint density at radius 2 is 1.86 bits per heavy atom. The highest BCUT2D eigenvalue weighted by molar-refractivity contribution is 6.32. The Morgan fingerprint density at radius 1 is 1.17 bits per heavy atom. The van der Waals surface area contributed by atoms with E-state index in [1.54, 1.807) is 43.3 Å². The number of nitrogen functional groups attached to an aromatic ring is 1. The van der Waals surface area contributed by atoms with Gasteiger partial charge in [0.05, 0.1) is 23.2 Å². The highest BCUT2D eigenvalue weighted by atomic mass is 35.5. The van der Waals surface area contributed by atoms with Gasteiger partial charge >= 0.3 is 0 Å². The lowest BCUT2D eigenvalue weighted by molar-refractivity contribution is 0.102. The lowest BCUT2D eigenvalue weighted by atomic mass is 9.91. The van der Waals surface area contributed by atoms with E-state index >= 15 is 0 Å². The zero-order valence-corrected chi connectivity index (χ0v) is 16.9. The van der Waals surface area contributed by atoms with E-state index in [1.165, 1.54) is 18.2 Å². The number of para-hydroxylation sites is 1. The topological polar surface area (TPSA) is 99.1 Å². The Labute approximate surface area is 178 Å². The van der Waals surface area contributed by atoms with Crippen LogP contribution in [0.3, 0.4) is 0 Å². The van der Waals surface area contributed by atoms with E-state index in [1.807, 2.05) is 0 Å². The summed E-state index contributed by atoms with van der Waals surface area (Å²) < 4.78 is 0. The van der Waals surface area contributed by atoms with Gasteiger partial charge in [-0.1, -0.05) is 47.5 Å². The number of benzene rings is 3. The number of nitrogens with one attached hydrogen (secondary N) is 1. The standard InChI is InChI=1S/C22H17Cl2N3O2/c1-12-9-16(17(11-25)13-5-7-14(23)8-6-13)18(24)10-19(12)27-22(29)15-3-2-4-20(28)21(15)26/h2-10,17,28H,26H2,1H3,(H,27,29). The second kappa shape index (κ2) is 8.44. The van der Waals surface area contributed by atoms with Crippen molar-refractivity contribution in [2.75, 3.05) is 11.1 Å².